The van der Waals surface area contributed by atoms with Gasteiger partial charge in [0.15, 0.2) is 17.3 Å². The Morgan fingerprint density at radius 2 is 2.06 bits per heavy atom. The zero-order valence-electron chi connectivity index (χ0n) is 19.3. The monoisotopic (exact) mass is 512 g/mol. The predicted octanol–water partition coefficient (Wildman–Crippen LogP) is 2.65. The number of allylic oxidation sites excluding steroid dienone is 3. The van der Waals surface area contributed by atoms with E-state index in [9.17, 15) is 29.4 Å². The zero-order chi connectivity index (χ0) is 25.9. The molecule has 36 heavy (non-hydrogen) atoms. The first kappa shape index (κ1) is 23.6. The first-order chi connectivity index (χ1) is 17.1. The number of imide groups is 1. The van der Waals surface area contributed by atoms with Gasteiger partial charge in [0.2, 0.25) is 0 Å². The number of urea groups is 1. The minimum atomic E-state index is -1.70. The minimum absolute atomic E-state index is 0.0878. The molecule has 3 aliphatic rings. The van der Waals surface area contributed by atoms with E-state index < -0.39 is 52.4 Å². The fourth-order valence-corrected chi connectivity index (χ4v) is 5.18. The Balaban J connectivity index is 1.59. The van der Waals surface area contributed by atoms with Gasteiger partial charge < -0.3 is 29.7 Å². The molecule has 5 rings (SSSR count). The van der Waals surface area contributed by atoms with Crippen molar-refractivity contribution < 1.29 is 43.6 Å². The molecule has 0 saturated heterocycles. The highest BCUT2D eigenvalue weighted by Crippen LogP contribution is 2.57. The lowest BCUT2D eigenvalue weighted by molar-refractivity contribution is -0.129. The van der Waals surface area contributed by atoms with Crippen molar-refractivity contribution in [3.05, 3.63) is 62.8 Å². The van der Waals surface area contributed by atoms with Crippen molar-refractivity contribution in [2.75, 3.05) is 7.11 Å². The quantitative estimate of drug-likeness (QED) is 0.525. The Morgan fingerprint density at radius 3 is 2.69 bits per heavy atom. The van der Waals surface area contributed by atoms with Crippen molar-refractivity contribution in [3.8, 4) is 17.2 Å². The van der Waals surface area contributed by atoms with Gasteiger partial charge in [0.1, 0.15) is 39.6 Å². The Morgan fingerprint density at radius 1 is 1.31 bits per heavy atom. The minimum Gasteiger partial charge on any atom is -0.507 e. The molecule has 2 atom stereocenters. The number of aromatic hydroxyl groups is 1. The van der Waals surface area contributed by atoms with Gasteiger partial charge in [-0.2, -0.15) is 16.2 Å². The van der Waals surface area contributed by atoms with Crippen LogP contribution in [0.3, 0.4) is 0 Å². The third kappa shape index (κ3) is 3.22. The number of thiophene rings is 1. The molecule has 1 aromatic carbocycles. The van der Waals surface area contributed by atoms with Gasteiger partial charge in [0.25, 0.3) is 12.3 Å². The maximum absolute atomic E-state index is 13.6. The van der Waals surface area contributed by atoms with Crippen LogP contribution in [0.1, 0.15) is 35.3 Å². The topological polar surface area (TPSA) is 152 Å². The normalized spacial score (nSPS) is 22.2. The number of aliphatic hydroxyl groups is 1. The van der Waals surface area contributed by atoms with Crippen molar-refractivity contribution in [3.63, 3.8) is 0 Å². The molecule has 2 aliphatic heterocycles. The van der Waals surface area contributed by atoms with Crippen LogP contribution >= 0.6 is 11.3 Å². The molecular weight excluding hydrogens is 492 g/mol. The molecule has 186 valence electrons. The number of phenolic OH excluding ortho intramolecular Hbond substituents is 1. The summed E-state index contributed by atoms with van der Waals surface area (Å²) in [6, 6.07) is 2.13. The third-order valence-corrected chi connectivity index (χ3v) is 7.03. The van der Waals surface area contributed by atoms with Gasteiger partial charge >= 0.3 is 6.03 Å². The van der Waals surface area contributed by atoms with Crippen LogP contribution in [0, 0.1) is 0 Å². The van der Waals surface area contributed by atoms with E-state index in [1.807, 2.05) is 16.8 Å². The van der Waals surface area contributed by atoms with E-state index in [4.69, 9.17) is 14.2 Å². The third-order valence-electron chi connectivity index (χ3n) is 6.30. The molecule has 0 saturated carbocycles. The summed E-state index contributed by atoms with van der Waals surface area (Å²) in [4.78, 5) is 52.7. The fraction of sp³-hybridized carbons (Fsp3) is 0.250. The van der Waals surface area contributed by atoms with Crippen molar-refractivity contribution >= 4 is 34.8 Å². The van der Waals surface area contributed by atoms with E-state index in [-0.39, 0.29) is 34.9 Å². The van der Waals surface area contributed by atoms with Crippen LogP contribution in [-0.2, 0) is 26.3 Å². The van der Waals surface area contributed by atoms with Gasteiger partial charge in [0.05, 0.1) is 5.56 Å². The highest BCUT2D eigenvalue weighted by Gasteiger charge is 2.56. The van der Waals surface area contributed by atoms with Crippen molar-refractivity contribution in [1.82, 2.24) is 10.2 Å². The molecule has 0 bridgehead atoms. The highest BCUT2D eigenvalue weighted by molar-refractivity contribution is 7.07. The van der Waals surface area contributed by atoms with Crippen LogP contribution in [0.15, 0.2) is 46.1 Å². The van der Waals surface area contributed by atoms with Gasteiger partial charge in [-0.05, 0) is 36.2 Å². The summed E-state index contributed by atoms with van der Waals surface area (Å²) in [5, 5.41) is 27.5. The van der Waals surface area contributed by atoms with Crippen LogP contribution in [0.25, 0.3) is 0 Å². The smallest absolute Gasteiger partial charge is 0.329 e. The van der Waals surface area contributed by atoms with E-state index >= 15 is 0 Å². The summed E-state index contributed by atoms with van der Waals surface area (Å²) < 4.78 is 16.7. The maximum Gasteiger partial charge on any atom is 0.329 e. The standard InChI is InChI=1S/C24H20N2O9S/c1-10(27)16-12(28)7-15-24(2,20(16)30)18-13(29)6-14-17(19(18)35-15)21(31)26(23(33-3)34-14)22(32)25-8-11-4-5-36-9-11/h4-7,9,23,28-29H,8H2,1-3H3,(H,25,32)/t23?,24-/m1/s1. The Labute approximate surface area is 208 Å². The molecule has 0 fully saturated rings. The van der Waals surface area contributed by atoms with Crippen LogP contribution in [0.2, 0.25) is 0 Å². The van der Waals surface area contributed by atoms with E-state index in [0.717, 1.165) is 24.6 Å². The summed E-state index contributed by atoms with van der Waals surface area (Å²) in [5.41, 5.74) is -1.64. The molecule has 11 nitrogen and oxygen atoms in total. The molecule has 3 amide bonds. The molecule has 0 radical (unpaired) electrons. The second-order valence-electron chi connectivity index (χ2n) is 8.48. The SMILES string of the molecule is COC1Oc2cc(O)c3c(c2C(=O)N1C(=O)NCc1ccsc1)OC1=CC(O)=C(C(C)=O)C(=O)[C@]13C. The molecule has 12 heteroatoms. The van der Waals surface area contributed by atoms with Gasteiger partial charge in [-0.15, -0.1) is 0 Å². The number of ether oxygens (including phenoxy) is 3. The summed E-state index contributed by atoms with van der Waals surface area (Å²) >= 11 is 1.45. The zero-order valence-corrected chi connectivity index (χ0v) is 20.1. The molecule has 0 spiro atoms. The first-order valence-electron chi connectivity index (χ1n) is 10.7. The lowest BCUT2D eigenvalue weighted by Gasteiger charge is -2.34. The summed E-state index contributed by atoms with van der Waals surface area (Å²) in [6.45, 7) is 2.69. The molecular formula is C24H20N2O9S. The Hall–Kier alpha value is -4.16. The second-order valence-corrected chi connectivity index (χ2v) is 9.26. The number of carbonyl (C=O) groups excluding carboxylic acids is 4. The molecule has 3 heterocycles. The number of rotatable bonds is 4. The average Bonchev–Trinajstić information content (AvgIpc) is 3.44. The number of Topliss-reactive ketones (excluding diaryl/α,β-unsaturated/α-hetero) is 2. The summed E-state index contributed by atoms with van der Waals surface area (Å²) in [5.74, 6) is -3.81. The summed E-state index contributed by atoms with van der Waals surface area (Å²) in [7, 11) is 1.24. The number of aliphatic hydroxyl groups excluding tert-OH is 1. The molecule has 3 N–H and O–H groups in total. The van der Waals surface area contributed by atoms with Gasteiger partial charge in [0, 0.05) is 25.8 Å². The molecule has 2 aromatic rings. The number of hydrogen-bond donors (Lipinski definition) is 3. The predicted molar refractivity (Wildman–Crippen MR) is 124 cm³/mol. The number of fused-ring (bicyclic) bond motifs is 5. The number of methoxy groups -OCH3 is 1. The number of nitrogens with zero attached hydrogens (tertiary/aromatic N) is 1. The lowest BCUT2D eigenvalue weighted by atomic mass is 9.71. The number of nitrogens with one attached hydrogen (secondary N) is 1. The van der Waals surface area contributed by atoms with Gasteiger partial charge in [-0.1, -0.05) is 0 Å². The van der Waals surface area contributed by atoms with Crippen LogP contribution in [-0.4, -0.2) is 52.1 Å². The van der Waals surface area contributed by atoms with E-state index in [2.05, 4.69) is 5.32 Å². The van der Waals surface area contributed by atoms with Gasteiger partial charge in [-0.25, -0.2) is 4.79 Å². The lowest BCUT2D eigenvalue weighted by Crippen LogP contribution is -2.54. The second kappa shape index (κ2) is 8.21. The molecule has 1 aliphatic carbocycles. The first-order valence-corrected chi connectivity index (χ1v) is 11.6. The highest BCUT2D eigenvalue weighted by atomic mass is 32.1. The number of benzene rings is 1. The largest absolute Gasteiger partial charge is 0.507 e. The number of carbonyl (C=O) groups is 4. The summed E-state index contributed by atoms with van der Waals surface area (Å²) in [6.07, 6.45) is -0.346. The van der Waals surface area contributed by atoms with Crippen LogP contribution in [0.4, 0.5) is 4.79 Å². The van der Waals surface area contributed by atoms with E-state index in [0.29, 0.717) is 4.90 Å². The van der Waals surface area contributed by atoms with Crippen LogP contribution < -0.4 is 14.8 Å². The number of phenols is 1. The molecule has 1 unspecified atom stereocenters. The van der Waals surface area contributed by atoms with E-state index in [1.165, 1.54) is 25.4 Å². The average molecular weight is 512 g/mol. The van der Waals surface area contributed by atoms with Crippen molar-refractivity contribution in [2.45, 2.75) is 32.2 Å². The van der Waals surface area contributed by atoms with Crippen LogP contribution in [0.5, 0.6) is 17.2 Å². The van der Waals surface area contributed by atoms with Gasteiger partial charge in [-0.3, -0.25) is 14.4 Å². The van der Waals surface area contributed by atoms with Crippen molar-refractivity contribution in [1.29, 1.82) is 0 Å². The van der Waals surface area contributed by atoms with Crippen molar-refractivity contribution in [2.24, 2.45) is 0 Å². The number of amides is 3. The number of ketones is 2. The maximum atomic E-state index is 13.6. The Kier molecular flexibility index (Phi) is 5.38. The number of hydrogen-bond acceptors (Lipinski definition) is 10. The fourth-order valence-electron chi connectivity index (χ4n) is 4.51. The van der Waals surface area contributed by atoms with E-state index in [1.54, 1.807) is 0 Å². The molecule has 1 aromatic heterocycles. The Bertz CT molecular complexity index is 1410.